The van der Waals surface area contributed by atoms with Crippen LogP contribution in [0.1, 0.15) is 41.3 Å². The number of carbonyl (C=O) groups is 3. The van der Waals surface area contributed by atoms with Crippen LogP contribution < -0.4 is 5.73 Å². The monoisotopic (exact) mass is 403 g/mol. The van der Waals surface area contributed by atoms with Crippen LogP contribution in [-0.2, 0) is 9.59 Å². The summed E-state index contributed by atoms with van der Waals surface area (Å²) in [6.45, 7) is 4.47. The maximum atomic E-state index is 13.0. The lowest BCUT2D eigenvalue weighted by Gasteiger charge is -2.20. The zero-order chi connectivity index (χ0) is 21.7. The van der Waals surface area contributed by atoms with Gasteiger partial charge in [-0.1, -0.05) is 25.1 Å². The molecule has 2 aromatic carbocycles. The molecule has 0 atom stereocenters. The summed E-state index contributed by atoms with van der Waals surface area (Å²) in [6.07, 6.45) is 4.36. The van der Waals surface area contributed by atoms with Gasteiger partial charge in [-0.3, -0.25) is 9.59 Å². The average Bonchev–Trinajstić information content (AvgIpc) is 2.90. The minimum atomic E-state index is -0.202. The highest BCUT2D eigenvalue weighted by Gasteiger charge is 2.21. The lowest BCUT2D eigenvalue weighted by atomic mass is 9.96. The lowest BCUT2D eigenvalue weighted by molar-refractivity contribution is -0.129. The van der Waals surface area contributed by atoms with Gasteiger partial charge in [0.05, 0.1) is 12.2 Å². The molecule has 1 aliphatic rings. The molecule has 154 valence electrons. The number of hydrogen-bond donors (Lipinski definition) is 1. The number of fused-ring (bicyclic) bond motifs is 1. The van der Waals surface area contributed by atoms with Gasteiger partial charge in [-0.15, -0.1) is 0 Å². The van der Waals surface area contributed by atoms with Crippen molar-refractivity contribution in [3.63, 3.8) is 0 Å². The molecule has 1 aliphatic heterocycles. The van der Waals surface area contributed by atoms with Crippen molar-refractivity contribution >= 4 is 36.1 Å². The molecule has 0 aliphatic carbocycles. The summed E-state index contributed by atoms with van der Waals surface area (Å²) in [7, 11) is 0. The second-order valence-corrected chi connectivity index (χ2v) is 7.33. The molecular formula is C24H25N3O3. The molecule has 0 unspecified atom stereocenters. The van der Waals surface area contributed by atoms with Gasteiger partial charge in [-0.2, -0.15) is 0 Å². The van der Waals surface area contributed by atoms with E-state index < -0.39 is 0 Å². The Hall–Kier alpha value is -3.54. The number of aldehydes is 2. The van der Waals surface area contributed by atoms with Crippen molar-refractivity contribution in [2.24, 2.45) is 10.7 Å². The number of carbonyl (C=O) groups excluding carboxylic acids is 3. The van der Waals surface area contributed by atoms with E-state index in [0.29, 0.717) is 29.2 Å². The second-order valence-electron chi connectivity index (χ2n) is 7.33. The summed E-state index contributed by atoms with van der Waals surface area (Å²) in [5, 5.41) is 0. The molecule has 0 bridgehead atoms. The largest absolute Gasteiger partial charge is 0.387 e. The molecule has 0 saturated carbocycles. The standard InChI is InChI=1S/C24H25N3O3/c1-3-8-27(9-10-28)24(30)20-13-19-12-18(5-7-22(19)26-23(25)14-20)21-6-4-17(15-29)11-16(21)2/h4-7,10-13,15H,3,8-9,14H2,1-2H3,(H2,25,26). The summed E-state index contributed by atoms with van der Waals surface area (Å²) in [5.74, 6) is 0.155. The summed E-state index contributed by atoms with van der Waals surface area (Å²) < 4.78 is 0. The fourth-order valence-electron chi connectivity index (χ4n) is 3.63. The number of amidine groups is 1. The molecule has 0 radical (unpaired) electrons. The average molecular weight is 403 g/mol. The maximum absolute atomic E-state index is 13.0. The molecule has 1 amide bonds. The number of aliphatic imine (C=N–C) groups is 1. The van der Waals surface area contributed by atoms with Crippen molar-refractivity contribution in [2.45, 2.75) is 26.7 Å². The fourth-order valence-corrected chi connectivity index (χ4v) is 3.63. The van der Waals surface area contributed by atoms with E-state index in [4.69, 9.17) is 5.73 Å². The van der Waals surface area contributed by atoms with E-state index in [9.17, 15) is 14.4 Å². The Bertz CT molecular complexity index is 1050. The highest BCUT2D eigenvalue weighted by atomic mass is 16.2. The van der Waals surface area contributed by atoms with Gasteiger partial charge in [-0.25, -0.2) is 4.99 Å². The Balaban J connectivity index is 2.04. The number of amides is 1. The Morgan fingerprint density at radius 1 is 1.20 bits per heavy atom. The van der Waals surface area contributed by atoms with E-state index in [1.165, 1.54) is 4.90 Å². The molecule has 6 heteroatoms. The molecule has 1 heterocycles. The van der Waals surface area contributed by atoms with E-state index >= 15 is 0 Å². The smallest absolute Gasteiger partial charge is 0.250 e. The van der Waals surface area contributed by atoms with Crippen LogP contribution >= 0.6 is 0 Å². The zero-order valence-corrected chi connectivity index (χ0v) is 17.2. The third-order valence-electron chi connectivity index (χ3n) is 5.04. The molecule has 0 aromatic heterocycles. The van der Waals surface area contributed by atoms with Crippen LogP contribution in [0.3, 0.4) is 0 Å². The van der Waals surface area contributed by atoms with Gasteiger partial charge in [0.1, 0.15) is 18.4 Å². The van der Waals surface area contributed by atoms with Gasteiger partial charge in [0.2, 0.25) is 0 Å². The predicted molar refractivity (Wildman–Crippen MR) is 119 cm³/mol. The molecule has 2 N–H and O–H groups in total. The molecule has 2 aromatic rings. The number of rotatable bonds is 7. The Morgan fingerprint density at radius 3 is 2.67 bits per heavy atom. The van der Waals surface area contributed by atoms with Crippen molar-refractivity contribution in [3.05, 3.63) is 58.7 Å². The molecule has 3 rings (SSSR count). The minimum Gasteiger partial charge on any atom is -0.387 e. The first kappa shape index (κ1) is 21.2. The second kappa shape index (κ2) is 9.31. The van der Waals surface area contributed by atoms with Crippen LogP contribution in [0, 0.1) is 6.92 Å². The van der Waals surface area contributed by atoms with E-state index in [-0.39, 0.29) is 18.9 Å². The van der Waals surface area contributed by atoms with Crippen LogP contribution in [0.4, 0.5) is 5.69 Å². The van der Waals surface area contributed by atoms with Crippen LogP contribution in [0.25, 0.3) is 17.2 Å². The van der Waals surface area contributed by atoms with Crippen LogP contribution in [-0.4, -0.2) is 42.3 Å². The molecule has 30 heavy (non-hydrogen) atoms. The van der Waals surface area contributed by atoms with Gasteiger partial charge in [-0.05, 0) is 54.3 Å². The zero-order valence-electron chi connectivity index (χ0n) is 17.2. The summed E-state index contributed by atoms with van der Waals surface area (Å²) in [6, 6.07) is 11.3. The molecular weight excluding hydrogens is 378 g/mol. The summed E-state index contributed by atoms with van der Waals surface area (Å²) in [4.78, 5) is 41.0. The van der Waals surface area contributed by atoms with E-state index in [1.807, 2.05) is 50.3 Å². The summed E-state index contributed by atoms with van der Waals surface area (Å²) >= 11 is 0. The number of nitrogens with two attached hydrogens (primary N) is 1. The van der Waals surface area contributed by atoms with Gasteiger partial charge in [0.15, 0.2) is 0 Å². The quantitative estimate of drug-likeness (QED) is 0.714. The van der Waals surface area contributed by atoms with Crippen molar-refractivity contribution < 1.29 is 14.4 Å². The number of nitrogens with zero attached hydrogens (tertiary/aromatic N) is 2. The van der Waals surface area contributed by atoms with Gasteiger partial charge in [0, 0.05) is 29.7 Å². The van der Waals surface area contributed by atoms with Gasteiger partial charge in [0.25, 0.3) is 5.91 Å². The Labute approximate surface area is 176 Å². The molecule has 6 nitrogen and oxygen atoms in total. The topological polar surface area (TPSA) is 92.8 Å². The molecule has 0 spiro atoms. The third kappa shape index (κ3) is 4.54. The maximum Gasteiger partial charge on any atom is 0.250 e. The first-order chi connectivity index (χ1) is 14.5. The Morgan fingerprint density at radius 2 is 2.00 bits per heavy atom. The van der Waals surface area contributed by atoms with Crippen molar-refractivity contribution in [3.8, 4) is 11.1 Å². The fraction of sp³-hybridized carbons (Fsp3) is 0.250. The van der Waals surface area contributed by atoms with E-state index in [0.717, 1.165) is 41.2 Å². The first-order valence-corrected chi connectivity index (χ1v) is 9.93. The van der Waals surface area contributed by atoms with Gasteiger partial charge >= 0.3 is 0 Å². The van der Waals surface area contributed by atoms with Gasteiger partial charge < -0.3 is 15.4 Å². The van der Waals surface area contributed by atoms with Crippen molar-refractivity contribution in [1.82, 2.24) is 4.90 Å². The summed E-state index contributed by atoms with van der Waals surface area (Å²) in [5.41, 5.74) is 11.6. The van der Waals surface area contributed by atoms with Crippen LogP contribution in [0.5, 0.6) is 0 Å². The van der Waals surface area contributed by atoms with Crippen LogP contribution in [0.15, 0.2) is 47.0 Å². The Kier molecular flexibility index (Phi) is 6.57. The molecule has 0 saturated heterocycles. The van der Waals surface area contributed by atoms with Crippen LogP contribution in [0.2, 0.25) is 0 Å². The third-order valence-corrected chi connectivity index (χ3v) is 5.04. The molecule has 0 fully saturated rings. The number of hydrogen-bond acceptors (Lipinski definition) is 5. The normalized spacial score (nSPS) is 12.9. The van der Waals surface area contributed by atoms with Crippen molar-refractivity contribution in [1.29, 1.82) is 0 Å². The first-order valence-electron chi connectivity index (χ1n) is 9.93. The van der Waals surface area contributed by atoms with E-state index in [2.05, 4.69) is 4.99 Å². The number of benzene rings is 2. The SMILES string of the molecule is CCCN(CC=O)C(=O)C1=Cc2cc(-c3ccc(C=O)cc3C)ccc2N=C(N)C1. The predicted octanol–water partition coefficient (Wildman–Crippen LogP) is 3.69. The highest BCUT2D eigenvalue weighted by molar-refractivity contribution is 6.06. The lowest BCUT2D eigenvalue weighted by Crippen LogP contribution is -2.35. The highest BCUT2D eigenvalue weighted by Crippen LogP contribution is 2.33. The minimum absolute atomic E-state index is 0.0518. The van der Waals surface area contributed by atoms with Crippen molar-refractivity contribution in [2.75, 3.05) is 13.1 Å². The van der Waals surface area contributed by atoms with E-state index in [1.54, 1.807) is 6.07 Å². The number of aryl methyl sites for hydroxylation is 1.